The lowest BCUT2D eigenvalue weighted by atomic mass is 9.85. The van der Waals surface area contributed by atoms with Gasteiger partial charge in [-0.05, 0) is 49.8 Å². The van der Waals surface area contributed by atoms with E-state index in [4.69, 9.17) is 9.90 Å². The van der Waals surface area contributed by atoms with Crippen LogP contribution in [0.5, 0.6) is 0 Å². The van der Waals surface area contributed by atoms with E-state index in [-0.39, 0.29) is 17.5 Å². The monoisotopic (exact) mass is 456 g/mol. The Labute approximate surface area is 184 Å². The molecular formula is C21H27F3N4O4. The summed E-state index contributed by atoms with van der Waals surface area (Å²) in [5, 5.41) is 7.12. The minimum atomic E-state index is -5.08. The molecule has 4 rings (SSSR count). The molecule has 1 spiro atoms. The Bertz CT molecular complexity index is 820. The number of aromatic nitrogens is 1. The van der Waals surface area contributed by atoms with Crippen LogP contribution in [0.1, 0.15) is 44.1 Å². The molecule has 4 heterocycles. The minimum Gasteiger partial charge on any atom is -0.475 e. The lowest BCUT2D eigenvalue weighted by molar-refractivity contribution is -0.192. The first-order valence-corrected chi connectivity index (χ1v) is 10.7. The molecule has 0 radical (unpaired) electrons. The third-order valence-electron chi connectivity index (χ3n) is 6.35. The number of carboxylic acids is 1. The predicted octanol–water partition coefficient (Wildman–Crippen LogP) is 2.89. The van der Waals surface area contributed by atoms with E-state index in [1.54, 1.807) is 12.4 Å². The van der Waals surface area contributed by atoms with Crippen molar-refractivity contribution in [1.82, 2.24) is 19.7 Å². The average Bonchev–Trinajstić information content (AvgIpc) is 3.40. The first kappa shape index (κ1) is 23.8. The van der Waals surface area contributed by atoms with Crippen LogP contribution in [0.2, 0.25) is 0 Å². The van der Waals surface area contributed by atoms with Crippen molar-refractivity contribution in [3.8, 4) is 0 Å². The summed E-state index contributed by atoms with van der Waals surface area (Å²) >= 11 is 0. The summed E-state index contributed by atoms with van der Waals surface area (Å²) in [5.41, 5.74) is 1.06. The molecule has 0 saturated carbocycles. The van der Waals surface area contributed by atoms with Gasteiger partial charge in [0, 0.05) is 57.1 Å². The summed E-state index contributed by atoms with van der Waals surface area (Å²) in [4.78, 5) is 44.1. The predicted molar refractivity (Wildman–Crippen MR) is 107 cm³/mol. The van der Waals surface area contributed by atoms with Gasteiger partial charge in [-0.3, -0.25) is 9.78 Å². The molecule has 176 valence electrons. The Kier molecular flexibility index (Phi) is 7.25. The van der Waals surface area contributed by atoms with Crippen LogP contribution < -0.4 is 0 Å². The van der Waals surface area contributed by atoms with Gasteiger partial charge in [0.15, 0.2) is 0 Å². The van der Waals surface area contributed by atoms with Crippen molar-refractivity contribution < 1.29 is 32.7 Å². The van der Waals surface area contributed by atoms with Crippen molar-refractivity contribution in [1.29, 1.82) is 0 Å². The lowest BCUT2D eigenvalue weighted by Crippen LogP contribution is -2.55. The van der Waals surface area contributed by atoms with Crippen LogP contribution in [0.15, 0.2) is 24.5 Å². The molecule has 0 atom stereocenters. The fraction of sp³-hybridized carbons (Fsp3) is 0.619. The van der Waals surface area contributed by atoms with Crippen LogP contribution in [0, 0.1) is 0 Å². The van der Waals surface area contributed by atoms with Gasteiger partial charge in [-0.25, -0.2) is 9.59 Å². The number of alkyl halides is 3. The van der Waals surface area contributed by atoms with E-state index < -0.39 is 12.1 Å². The number of piperidine rings is 1. The van der Waals surface area contributed by atoms with Gasteiger partial charge in [0.05, 0.1) is 0 Å². The average molecular weight is 456 g/mol. The summed E-state index contributed by atoms with van der Waals surface area (Å²) in [6.45, 7) is 3.96. The Balaban J connectivity index is 0.000000360. The van der Waals surface area contributed by atoms with E-state index in [9.17, 15) is 22.8 Å². The van der Waals surface area contributed by atoms with Gasteiger partial charge < -0.3 is 19.8 Å². The smallest absolute Gasteiger partial charge is 0.475 e. The van der Waals surface area contributed by atoms with E-state index in [1.165, 1.54) is 0 Å². The highest BCUT2D eigenvalue weighted by molar-refractivity contribution is 5.80. The van der Waals surface area contributed by atoms with Crippen molar-refractivity contribution in [2.75, 3.05) is 26.2 Å². The van der Waals surface area contributed by atoms with Gasteiger partial charge in [-0.15, -0.1) is 0 Å². The topological polar surface area (TPSA) is 94.1 Å². The maximum Gasteiger partial charge on any atom is 0.490 e. The van der Waals surface area contributed by atoms with E-state index in [1.807, 2.05) is 21.9 Å². The van der Waals surface area contributed by atoms with Crippen molar-refractivity contribution >= 4 is 17.9 Å². The first-order valence-electron chi connectivity index (χ1n) is 10.7. The molecule has 11 heteroatoms. The zero-order valence-corrected chi connectivity index (χ0v) is 17.7. The minimum absolute atomic E-state index is 0.0673. The Morgan fingerprint density at radius 1 is 1.00 bits per heavy atom. The van der Waals surface area contributed by atoms with Crippen molar-refractivity contribution in [2.45, 2.75) is 56.8 Å². The van der Waals surface area contributed by atoms with Gasteiger partial charge >= 0.3 is 18.2 Å². The zero-order valence-electron chi connectivity index (χ0n) is 17.7. The van der Waals surface area contributed by atoms with E-state index >= 15 is 0 Å². The van der Waals surface area contributed by atoms with Gasteiger partial charge in [-0.2, -0.15) is 13.2 Å². The number of carbonyl (C=O) groups excluding carboxylic acids is 2. The number of nitrogens with zero attached hydrogens (tertiary/aromatic N) is 4. The van der Waals surface area contributed by atoms with Gasteiger partial charge in [-0.1, -0.05) is 0 Å². The molecule has 3 aliphatic heterocycles. The number of halogens is 3. The van der Waals surface area contributed by atoms with Gasteiger partial charge in [0.1, 0.15) is 0 Å². The largest absolute Gasteiger partial charge is 0.490 e. The van der Waals surface area contributed by atoms with Gasteiger partial charge in [0.2, 0.25) is 5.91 Å². The van der Waals surface area contributed by atoms with Crippen LogP contribution in [0.4, 0.5) is 18.0 Å². The summed E-state index contributed by atoms with van der Waals surface area (Å²) in [6, 6.07) is 4.15. The molecule has 1 aromatic heterocycles. The second kappa shape index (κ2) is 9.74. The maximum atomic E-state index is 12.6. The second-order valence-corrected chi connectivity index (χ2v) is 8.33. The Morgan fingerprint density at radius 2 is 1.53 bits per heavy atom. The molecule has 1 N–H and O–H groups in total. The molecule has 0 unspecified atom stereocenters. The van der Waals surface area contributed by atoms with Crippen LogP contribution in [-0.2, 0) is 16.1 Å². The normalized spacial score (nSPS) is 20.3. The molecular weight excluding hydrogens is 429 g/mol. The van der Waals surface area contributed by atoms with Crippen LogP contribution in [0.25, 0.3) is 0 Å². The summed E-state index contributed by atoms with van der Waals surface area (Å²) < 4.78 is 31.7. The summed E-state index contributed by atoms with van der Waals surface area (Å²) in [6.07, 6.45) is 4.05. The molecule has 0 aromatic carbocycles. The fourth-order valence-corrected chi connectivity index (χ4v) is 4.54. The van der Waals surface area contributed by atoms with E-state index in [0.717, 1.165) is 63.8 Å². The third kappa shape index (κ3) is 5.49. The first-order chi connectivity index (χ1) is 15.1. The number of hydrogen-bond donors (Lipinski definition) is 1. The van der Waals surface area contributed by atoms with E-state index in [0.29, 0.717) is 13.0 Å². The number of urea groups is 1. The van der Waals surface area contributed by atoms with E-state index in [2.05, 4.69) is 9.88 Å². The molecule has 8 nitrogen and oxygen atoms in total. The zero-order chi connectivity index (χ0) is 23.4. The van der Waals surface area contributed by atoms with Crippen molar-refractivity contribution in [2.24, 2.45) is 0 Å². The number of hydrogen-bond acceptors (Lipinski definition) is 4. The number of amides is 3. The van der Waals surface area contributed by atoms with Crippen LogP contribution in [-0.4, -0.2) is 80.6 Å². The standard InChI is InChI=1S/C19H26N4O2.C2HF3O2/c24-17-3-6-19(23(17)15-16-4-9-20-10-5-16)7-13-22(14-8-19)18(25)21-11-1-2-12-21;3-2(4,5)1(6)7/h4-5,9-10H,1-3,6-8,11-15H2;(H,6,7). The molecule has 0 bridgehead atoms. The number of aliphatic carboxylic acids is 1. The Morgan fingerprint density at radius 3 is 2.06 bits per heavy atom. The van der Waals surface area contributed by atoms with Crippen LogP contribution >= 0.6 is 0 Å². The van der Waals surface area contributed by atoms with Crippen LogP contribution in [0.3, 0.4) is 0 Å². The number of carbonyl (C=O) groups is 3. The molecule has 3 aliphatic rings. The molecule has 3 fully saturated rings. The highest BCUT2D eigenvalue weighted by atomic mass is 19.4. The second-order valence-electron chi connectivity index (χ2n) is 8.33. The summed E-state index contributed by atoms with van der Waals surface area (Å²) in [7, 11) is 0. The number of rotatable bonds is 2. The third-order valence-corrected chi connectivity index (χ3v) is 6.35. The molecule has 1 aromatic rings. The van der Waals surface area contributed by atoms with Crippen molar-refractivity contribution in [3.05, 3.63) is 30.1 Å². The fourth-order valence-electron chi connectivity index (χ4n) is 4.54. The molecule has 3 amide bonds. The summed E-state index contributed by atoms with van der Waals surface area (Å²) in [5.74, 6) is -2.51. The Hall–Kier alpha value is -2.85. The molecule has 32 heavy (non-hydrogen) atoms. The molecule has 3 saturated heterocycles. The van der Waals surface area contributed by atoms with Crippen molar-refractivity contribution in [3.63, 3.8) is 0 Å². The number of pyridine rings is 1. The quantitative estimate of drug-likeness (QED) is 0.739. The number of likely N-dealkylation sites (tertiary alicyclic amines) is 3. The lowest BCUT2D eigenvalue weighted by Gasteiger charge is -2.45. The highest BCUT2D eigenvalue weighted by Crippen LogP contribution is 2.40. The number of carboxylic acid groups (broad SMARTS) is 1. The maximum absolute atomic E-state index is 12.6. The van der Waals surface area contributed by atoms with Gasteiger partial charge in [0.25, 0.3) is 0 Å². The SMILES string of the molecule is O=C(N1CCCC1)N1CCC2(CCC(=O)N2Cc2ccncc2)CC1.O=C(O)C(F)(F)F. The molecule has 0 aliphatic carbocycles. The highest BCUT2D eigenvalue weighted by Gasteiger charge is 2.47.